The van der Waals surface area contributed by atoms with Crippen LogP contribution in [-0.4, -0.2) is 53.2 Å². The maximum absolute atomic E-state index is 13.0. The van der Waals surface area contributed by atoms with Gasteiger partial charge in [-0.3, -0.25) is 14.3 Å². The quantitative estimate of drug-likeness (QED) is 0.409. The minimum absolute atomic E-state index is 0.0271. The Balaban J connectivity index is 1.82. The summed E-state index contributed by atoms with van der Waals surface area (Å²) in [7, 11) is -2.16. The molecule has 1 N–H and O–H groups in total. The van der Waals surface area contributed by atoms with Crippen LogP contribution in [0.3, 0.4) is 0 Å². The number of carbonyl (C=O) groups is 2. The van der Waals surface area contributed by atoms with E-state index in [1.807, 2.05) is 6.07 Å². The summed E-state index contributed by atoms with van der Waals surface area (Å²) in [5.41, 5.74) is 0.516. The minimum Gasteiger partial charge on any atom is -0.449 e. The molecule has 12 heteroatoms. The van der Waals surface area contributed by atoms with Gasteiger partial charge in [0.1, 0.15) is 5.69 Å². The lowest BCUT2D eigenvalue weighted by molar-refractivity contribution is -0.123. The molecule has 198 valence electrons. The highest BCUT2D eigenvalue weighted by molar-refractivity contribution is 7.89. The first-order valence-corrected chi connectivity index (χ1v) is 13.4. The molecule has 0 saturated carbocycles. The zero-order valence-electron chi connectivity index (χ0n) is 21.2. The summed E-state index contributed by atoms with van der Waals surface area (Å²) in [6.07, 6.45) is -1.31. The largest absolute Gasteiger partial charge is 0.449 e. The van der Waals surface area contributed by atoms with Crippen molar-refractivity contribution in [2.24, 2.45) is 7.05 Å². The molecule has 1 aromatic heterocycles. The highest BCUT2D eigenvalue weighted by Gasteiger charge is 2.27. The zero-order chi connectivity index (χ0) is 27.5. The molecule has 1 heterocycles. The van der Waals surface area contributed by atoms with Crippen molar-refractivity contribution in [3.05, 3.63) is 75.2 Å². The molecule has 0 fully saturated rings. The summed E-state index contributed by atoms with van der Waals surface area (Å²) in [6, 6.07) is 12.6. The number of aromatic nitrogens is 2. The Kier molecular flexibility index (Phi) is 8.62. The molecule has 0 aliphatic rings. The molecule has 0 radical (unpaired) electrons. The molecule has 0 saturated heterocycles. The number of amides is 1. The summed E-state index contributed by atoms with van der Waals surface area (Å²) in [6.45, 7) is 6.93. The van der Waals surface area contributed by atoms with E-state index in [0.717, 1.165) is 6.07 Å². The van der Waals surface area contributed by atoms with Gasteiger partial charge in [0.15, 0.2) is 6.10 Å². The number of hydrogen-bond acceptors (Lipinski definition) is 6. The van der Waals surface area contributed by atoms with Gasteiger partial charge in [-0.15, -0.1) is 0 Å². The van der Waals surface area contributed by atoms with Crippen LogP contribution >= 0.6 is 11.6 Å². The van der Waals surface area contributed by atoms with Gasteiger partial charge in [0.25, 0.3) is 11.5 Å². The van der Waals surface area contributed by atoms with Crippen molar-refractivity contribution in [3.63, 3.8) is 0 Å². The van der Waals surface area contributed by atoms with E-state index in [1.165, 1.54) is 28.0 Å². The first-order valence-electron chi connectivity index (χ1n) is 11.6. The number of halogens is 1. The monoisotopic (exact) mass is 548 g/mol. The van der Waals surface area contributed by atoms with Crippen LogP contribution in [0.5, 0.6) is 0 Å². The van der Waals surface area contributed by atoms with Gasteiger partial charge in [0, 0.05) is 20.1 Å². The summed E-state index contributed by atoms with van der Waals surface area (Å²) in [4.78, 5) is 38.6. The molecule has 1 unspecified atom stereocenters. The van der Waals surface area contributed by atoms with E-state index in [0.29, 0.717) is 11.4 Å². The van der Waals surface area contributed by atoms with Crippen molar-refractivity contribution in [3.8, 4) is 5.69 Å². The molecule has 37 heavy (non-hydrogen) atoms. The number of esters is 1. The number of ether oxygens (including phenoxy) is 1. The predicted molar refractivity (Wildman–Crippen MR) is 141 cm³/mol. The first-order chi connectivity index (χ1) is 17.4. The highest BCUT2D eigenvalue weighted by atomic mass is 35.5. The number of nitrogens with zero attached hydrogens (tertiary/aromatic N) is 3. The number of anilines is 1. The third kappa shape index (κ3) is 5.63. The van der Waals surface area contributed by atoms with Crippen LogP contribution in [0.25, 0.3) is 5.69 Å². The molecule has 0 spiro atoms. The Morgan fingerprint density at radius 1 is 1.11 bits per heavy atom. The highest BCUT2D eigenvalue weighted by Crippen LogP contribution is 2.24. The standard InChI is InChI=1S/C25H29ClN4O6S/c1-6-29(7-2)37(34,35)19-13-14-21(26)20(15-19)25(33)36-17(4)23(31)27-22-16(3)28(5)30(24(22)32)18-11-9-8-10-12-18/h8-15,17H,6-7H2,1-5H3,(H,27,31). The number of para-hydroxylation sites is 1. The third-order valence-electron chi connectivity index (χ3n) is 5.96. The summed E-state index contributed by atoms with van der Waals surface area (Å²) in [5.74, 6) is -1.71. The smallest absolute Gasteiger partial charge is 0.340 e. The molecule has 1 amide bonds. The average Bonchev–Trinajstić information content (AvgIpc) is 3.07. The number of nitrogens with one attached hydrogen (secondary N) is 1. The van der Waals surface area contributed by atoms with E-state index < -0.39 is 33.6 Å². The molecule has 3 aromatic rings. The molecule has 0 aliphatic heterocycles. The fourth-order valence-corrected chi connectivity index (χ4v) is 5.43. The van der Waals surface area contributed by atoms with Gasteiger partial charge in [-0.25, -0.2) is 17.9 Å². The van der Waals surface area contributed by atoms with Gasteiger partial charge in [0.05, 0.1) is 26.9 Å². The number of benzene rings is 2. The van der Waals surface area contributed by atoms with Crippen LogP contribution in [0.2, 0.25) is 5.02 Å². The average molecular weight is 549 g/mol. The number of sulfonamides is 1. The van der Waals surface area contributed by atoms with Gasteiger partial charge in [-0.2, -0.15) is 4.31 Å². The molecule has 10 nitrogen and oxygen atoms in total. The van der Waals surface area contributed by atoms with Crippen molar-refractivity contribution in [2.75, 3.05) is 18.4 Å². The second-order valence-corrected chi connectivity index (χ2v) is 10.5. The van der Waals surface area contributed by atoms with Crippen LogP contribution in [0.1, 0.15) is 36.8 Å². The number of rotatable bonds is 9. The normalized spacial score (nSPS) is 12.4. The van der Waals surface area contributed by atoms with Crippen LogP contribution in [0.15, 0.2) is 58.2 Å². The maximum atomic E-state index is 13.0. The van der Waals surface area contributed by atoms with Crippen molar-refractivity contribution in [1.29, 1.82) is 0 Å². The van der Waals surface area contributed by atoms with Crippen LogP contribution in [0, 0.1) is 6.92 Å². The molecule has 2 aromatic carbocycles. The SMILES string of the molecule is CCN(CC)S(=O)(=O)c1ccc(Cl)c(C(=O)OC(C)C(=O)Nc2c(C)n(C)n(-c3ccccc3)c2=O)c1. The topological polar surface area (TPSA) is 120 Å². The van der Waals surface area contributed by atoms with Crippen molar-refractivity contribution in [2.45, 2.75) is 38.7 Å². The van der Waals surface area contributed by atoms with E-state index in [-0.39, 0.29) is 34.3 Å². The van der Waals surface area contributed by atoms with Crippen LogP contribution in [-0.2, 0) is 26.6 Å². The first kappa shape index (κ1) is 28.2. The van der Waals surface area contributed by atoms with Gasteiger partial charge in [0.2, 0.25) is 10.0 Å². The molecule has 1 atom stereocenters. The van der Waals surface area contributed by atoms with Gasteiger partial charge < -0.3 is 10.1 Å². The maximum Gasteiger partial charge on any atom is 0.340 e. The lowest BCUT2D eigenvalue weighted by Gasteiger charge is -2.19. The van der Waals surface area contributed by atoms with E-state index >= 15 is 0 Å². The Hall–Kier alpha value is -3.41. The van der Waals surface area contributed by atoms with Gasteiger partial charge in [-0.05, 0) is 44.2 Å². The minimum atomic E-state index is -3.85. The molecular weight excluding hydrogens is 520 g/mol. The fraction of sp³-hybridized carbons (Fsp3) is 0.320. The molecule has 3 rings (SSSR count). The number of carbonyl (C=O) groups excluding carboxylic acids is 2. The summed E-state index contributed by atoms with van der Waals surface area (Å²) >= 11 is 6.14. The van der Waals surface area contributed by atoms with E-state index in [4.69, 9.17) is 16.3 Å². The zero-order valence-corrected chi connectivity index (χ0v) is 22.8. The van der Waals surface area contributed by atoms with Crippen LogP contribution in [0.4, 0.5) is 5.69 Å². The molecular formula is C25H29ClN4O6S. The summed E-state index contributed by atoms with van der Waals surface area (Å²) in [5, 5.41) is 2.51. The predicted octanol–water partition coefficient (Wildman–Crippen LogP) is 3.35. The lowest BCUT2D eigenvalue weighted by Crippen LogP contribution is -2.32. The molecule has 0 bridgehead atoms. The van der Waals surface area contributed by atoms with E-state index in [9.17, 15) is 22.8 Å². The second-order valence-electron chi connectivity index (χ2n) is 8.20. The third-order valence-corrected chi connectivity index (χ3v) is 8.33. The Labute approximate surface area is 220 Å². The fourth-order valence-electron chi connectivity index (χ4n) is 3.75. The van der Waals surface area contributed by atoms with Crippen molar-refractivity contribution >= 4 is 39.2 Å². The Bertz CT molecular complexity index is 1480. The van der Waals surface area contributed by atoms with Gasteiger partial charge >= 0.3 is 5.97 Å². The van der Waals surface area contributed by atoms with E-state index in [1.54, 1.807) is 56.8 Å². The van der Waals surface area contributed by atoms with E-state index in [2.05, 4.69) is 5.32 Å². The second kappa shape index (κ2) is 11.3. The van der Waals surface area contributed by atoms with Gasteiger partial charge in [-0.1, -0.05) is 43.6 Å². The van der Waals surface area contributed by atoms with Crippen LogP contribution < -0.4 is 10.9 Å². The van der Waals surface area contributed by atoms with Crippen molar-refractivity contribution in [1.82, 2.24) is 13.7 Å². The summed E-state index contributed by atoms with van der Waals surface area (Å²) < 4.78 is 35.2. The Morgan fingerprint density at radius 3 is 2.32 bits per heavy atom. The number of hydrogen-bond donors (Lipinski definition) is 1. The molecule has 0 aliphatic carbocycles. The van der Waals surface area contributed by atoms with Crippen molar-refractivity contribution < 1.29 is 22.7 Å². The Morgan fingerprint density at radius 2 is 1.73 bits per heavy atom. The lowest BCUT2D eigenvalue weighted by atomic mass is 10.2.